The quantitative estimate of drug-likeness (QED) is 0.0628. The number of piperidine rings is 3. The molecule has 6 fully saturated rings. The number of morpholine rings is 2. The highest BCUT2D eigenvalue weighted by Crippen LogP contribution is 2.31. The molecule has 111 heavy (non-hydrogen) atoms. The molecule has 0 aliphatic carbocycles. The summed E-state index contributed by atoms with van der Waals surface area (Å²) in [4.78, 5) is 80.1. The Morgan fingerprint density at radius 2 is 0.712 bits per heavy atom. The number of carbonyl (C=O) groups is 3. The van der Waals surface area contributed by atoms with E-state index in [-0.39, 0.29) is 65.8 Å². The molecule has 15 rings (SSSR count). The number of carbonyl (C=O) groups excluding carboxylic acids is 3. The minimum absolute atomic E-state index is 0.00762. The van der Waals surface area contributed by atoms with E-state index in [1.807, 2.05) is 105 Å². The first kappa shape index (κ1) is 79.2. The summed E-state index contributed by atoms with van der Waals surface area (Å²) in [6, 6.07) is 42.5. The maximum absolute atomic E-state index is 15.1. The molecule has 6 aliphatic heterocycles. The molecule has 6 unspecified atom stereocenters. The Morgan fingerprint density at radius 3 is 1.04 bits per heavy atom. The Morgan fingerprint density at radius 1 is 0.396 bits per heavy atom. The van der Waals surface area contributed by atoms with Crippen molar-refractivity contribution in [2.24, 2.45) is 0 Å². The first-order chi connectivity index (χ1) is 53.9. The maximum atomic E-state index is 15.1. The van der Waals surface area contributed by atoms with Gasteiger partial charge in [0.2, 0.25) is 0 Å². The second-order valence-electron chi connectivity index (χ2n) is 31.2. The van der Waals surface area contributed by atoms with Crippen molar-refractivity contribution in [1.82, 2.24) is 65.9 Å². The number of nitrogens with one attached hydrogen (secondary N) is 4. The average molecular weight is 1500 g/mol. The van der Waals surface area contributed by atoms with Gasteiger partial charge in [-0.15, -0.1) is 0 Å². The highest BCUT2D eigenvalue weighted by Gasteiger charge is 2.30. The number of amides is 3. The van der Waals surface area contributed by atoms with Gasteiger partial charge >= 0.3 is 0 Å². The molecular weight excluding hydrogens is 1390 g/mol. The van der Waals surface area contributed by atoms with Gasteiger partial charge in [0.15, 0.2) is 0 Å². The Balaban J connectivity index is 0.000000146. The molecule has 3 amide bonds. The molecule has 6 aliphatic rings. The number of likely N-dealkylation sites (tertiary alicyclic amines) is 3. The van der Waals surface area contributed by atoms with E-state index in [0.29, 0.717) is 23.2 Å². The van der Waals surface area contributed by atoms with Crippen LogP contribution in [0.5, 0.6) is 0 Å². The van der Waals surface area contributed by atoms with Crippen LogP contribution in [0.2, 0.25) is 0 Å². The predicted molar refractivity (Wildman–Crippen MR) is 437 cm³/mol. The zero-order chi connectivity index (χ0) is 77.3. The van der Waals surface area contributed by atoms with Crippen LogP contribution in [-0.2, 0) is 29.1 Å². The first-order valence-electron chi connectivity index (χ1n) is 39.8. The second-order valence-corrected chi connectivity index (χ2v) is 31.2. The molecule has 6 aromatic heterocycles. The van der Waals surface area contributed by atoms with Gasteiger partial charge in [0.25, 0.3) is 17.7 Å². The van der Waals surface area contributed by atoms with E-state index in [1.54, 1.807) is 49.1 Å². The number of anilines is 3. The van der Waals surface area contributed by atoms with Gasteiger partial charge in [0, 0.05) is 218 Å². The number of piperazine rings is 1. The smallest absolute Gasteiger partial charge is 0.254 e. The zero-order valence-corrected chi connectivity index (χ0v) is 65.7. The van der Waals surface area contributed by atoms with Crippen LogP contribution >= 0.6 is 0 Å². The third kappa shape index (κ3) is 21.4. The summed E-state index contributed by atoms with van der Waals surface area (Å²) in [6.45, 7) is 30.5. The molecule has 0 bridgehead atoms. The van der Waals surface area contributed by atoms with Gasteiger partial charge in [-0.2, -0.15) is 0 Å². The van der Waals surface area contributed by atoms with Gasteiger partial charge in [-0.3, -0.25) is 44.0 Å². The van der Waals surface area contributed by atoms with Crippen LogP contribution in [0, 0.1) is 19.7 Å². The lowest BCUT2D eigenvalue weighted by atomic mass is 9.96. The Bertz CT molecular complexity index is 4010. The summed E-state index contributed by atoms with van der Waals surface area (Å²) in [5.74, 6) is 2.22. The van der Waals surface area contributed by atoms with Crippen LogP contribution in [-0.4, -0.2) is 195 Å². The van der Waals surface area contributed by atoms with Gasteiger partial charge in [0.05, 0.1) is 30.0 Å². The van der Waals surface area contributed by atoms with E-state index >= 15 is 4.39 Å². The number of hydrogen-bond donors (Lipinski definition) is 4. The topological polar surface area (TPSA) is 215 Å². The van der Waals surface area contributed by atoms with Crippen molar-refractivity contribution in [2.45, 2.75) is 168 Å². The molecule has 0 radical (unpaired) electrons. The van der Waals surface area contributed by atoms with E-state index in [0.717, 1.165) is 199 Å². The highest BCUT2D eigenvalue weighted by molar-refractivity contribution is 5.99. The standard InChI is InChI=1S/C30H38N6O.C30H37N5O2.C29H34FN5O2/c1-21-18-36(19-22(2)33-21)29-10-9-24(16-32-29)20-35-14-11-26(12-15-35)34-30(37)28-8-4-7-27(23(28)3)25-6-5-13-31-17-25;1-21-18-35(19-22(2)37-21)29-10-9-24(16-32-29)20-34-14-11-26(12-15-34)33-30(36)28-8-4-7-27(23(28)3)25-6-5-13-31-17-25;1-20-17-35(18-21(2)37-20)27-9-8-22(15-32-27)19-34-13-10-24(11-14-34)33-29(36)26-7-3-6-25(28(26)30)23-5-4-12-31-16-23/h4-10,13,16-17,21-22,26,33H,11-12,14-15,18-20H2,1-3H3,(H,34,37);4-10,13,16-17,21-22,26H,11-12,14-15,18-20H2,1-3H3,(H,33,36);3-9,12,15-16,20-21,24H,10-11,13-14,17-19H2,1-2H3,(H,33,36). The molecule has 3 aromatic carbocycles. The fraction of sp³-hybridized carbons (Fsp3) is 0.427. The number of hydrogen-bond acceptors (Lipinski definition) is 18. The van der Waals surface area contributed by atoms with Crippen molar-refractivity contribution < 1.29 is 28.2 Å². The number of rotatable bonds is 18. The third-order valence-corrected chi connectivity index (χ3v) is 22.1. The highest BCUT2D eigenvalue weighted by atomic mass is 19.1. The molecule has 0 saturated carbocycles. The molecule has 21 nitrogen and oxygen atoms in total. The van der Waals surface area contributed by atoms with Crippen LogP contribution in [0.25, 0.3) is 33.4 Å². The van der Waals surface area contributed by atoms with Crippen molar-refractivity contribution in [2.75, 3.05) is 93.2 Å². The molecule has 22 heteroatoms. The number of nitrogens with zero attached hydrogens (tertiary/aromatic N) is 12. The van der Waals surface area contributed by atoms with Gasteiger partial charge in [-0.05, 0) is 187 Å². The summed E-state index contributed by atoms with van der Waals surface area (Å²) >= 11 is 0. The van der Waals surface area contributed by atoms with E-state index in [9.17, 15) is 14.4 Å². The fourth-order valence-corrected chi connectivity index (χ4v) is 16.5. The monoisotopic (exact) mass is 1500 g/mol. The maximum Gasteiger partial charge on any atom is 0.254 e. The number of benzene rings is 3. The molecule has 12 heterocycles. The molecule has 6 atom stereocenters. The Hall–Kier alpha value is -9.94. The number of halogens is 1. The van der Waals surface area contributed by atoms with Gasteiger partial charge in [0.1, 0.15) is 23.3 Å². The zero-order valence-electron chi connectivity index (χ0n) is 65.7. The van der Waals surface area contributed by atoms with Crippen LogP contribution in [0.3, 0.4) is 0 Å². The van der Waals surface area contributed by atoms with Crippen molar-refractivity contribution in [1.29, 1.82) is 0 Å². The molecule has 6 saturated heterocycles. The molecule has 582 valence electrons. The van der Waals surface area contributed by atoms with E-state index < -0.39 is 5.82 Å². The SMILES string of the molecule is CC1CN(c2ccc(CN3CCC(NC(=O)c4cccc(-c5cccnc5)c4F)CC3)cn2)CC(C)O1.Cc1c(C(=O)NC2CCN(Cc3ccc(N4CC(C)NC(C)C4)nc3)CC2)cccc1-c1cccnc1.Cc1c(C(=O)NC2CCN(Cc3ccc(N4CC(C)OC(C)C4)nc3)CC2)cccc1-c1cccnc1. The lowest BCUT2D eigenvalue weighted by Crippen LogP contribution is -2.54. The van der Waals surface area contributed by atoms with Gasteiger partial charge < -0.3 is 45.4 Å². The van der Waals surface area contributed by atoms with Crippen molar-refractivity contribution >= 4 is 35.2 Å². The summed E-state index contributed by atoms with van der Waals surface area (Å²) in [7, 11) is 0. The van der Waals surface area contributed by atoms with E-state index in [1.165, 1.54) is 22.8 Å². The first-order valence-corrected chi connectivity index (χ1v) is 39.8. The van der Waals surface area contributed by atoms with Gasteiger partial charge in [-0.25, -0.2) is 19.3 Å². The van der Waals surface area contributed by atoms with Gasteiger partial charge in [-0.1, -0.05) is 72.8 Å². The molecule has 0 spiro atoms. The molecule has 9 aromatic rings. The van der Waals surface area contributed by atoms with Crippen molar-refractivity contribution in [3.63, 3.8) is 0 Å². The van der Waals surface area contributed by atoms with Crippen molar-refractivity contribution in [3.05, 3.63) is 233 Å². The lowest BCUT2D eigenvalue weighted by Gasteiger charge is -2.37. The minimum atomic E-state index is -0.512. The lowest BCUT2D eigenvalue weighted by molar-refractivity contribution is -0.00572. The largest absolute Gasteiger partial charge is 0.372 e. The number of pyridine rings is 6. The Labute approximate surface area is 654 Å². The van der Waals surface area contributed by atoms with Crippen LogP contribution in [0.1, 0.15) is 139 Å². The van der Waals surface area contributed by atoms with Crippen LogP contribution < -0.4 is 36.0 Å². The number of aromatic nitrogens is 6. The second kappa shape index (κ2) is 37.9. The fourth-order valence-electron chi connectivity index (χ4n) is 16.5. The van der Waals surface area contributed by atoms with Crippen LogP contribution in [0.15, 0.2) is 183 Å². The Kier molecular flexibility index (Phi) is 27.0. The minimum Gasteiger partial charge on any atom is -0.372 e. The molecular formula is C89H109FN16O5. The van der Waals surface area contributed by atoms with E-state index in [2.05, 4.69) is 144 Å². The van der Waals surface area contributed by atoms with E-state index in [4.69, 9.17) is 24.4 Å². The summed E-state index contributed by atoms with van der Waals surface area (Å²) < 4.78 is 26.8. The summed E-state index contributed by atoms with van der Waals surface area (Å²) in [5, 5.41) is 13.2. The summed E-state index contributed by atoms with van der Waals surface area (Å²) in [6.07, 6.45) is 22.7. The third-order valence-electron chi connectivity index (χ3n) is 22.1. The normalized spacial score (nSPS) is 21.1. The average Bonchev–Trinajstić information content (AvgIpc) is 0.830. The number of ether oxygens (including phenoxy) is 2. The van der Waals surface area contributed by atoms with Crippen molar-refractivity contribution in [3.8, 4) is 33.4 Å². The predicted octanol–water partition coefficient (Wildman–Crippen LogP) is 12.8. The summed E-state index contributed by atoms with van der Waals surface area (Å²) in [5.41, 5.74) is 12.4. The molecule has 4 N–H and O–H groups in total. The van der Waals surface area contributed by atoms with Crippen LogP contribution in [0.4, 0.5) is 21.8 Å².